The van der Waals surface area contributed by atoms with Crippen LogP contribution in [0, 0.1) is 29.8 Å². The smallest absolute Gasteiger partial charge is 0.404 e. The molecule has 0 aliphatic carbocycles. The van der Waals surface area contributed by atoms with Crippen molar-refractivity contribution in [2.45, 2.75) is 26.9 Å². The van der Waals surface area contributed by atoms with Gasteiger partial charge in [0.25, 0.3) is 5.91 Å². The van der Waals surface area contributed by atoms with Crippen LogP contribution in [0.2, 0.25) is 0 Å². The number of amides is 1. The summed E-state index contributed by atoms with van der Waals surface area (Å²) in [5, 5.41) is 22.0. The van der Waals surface area contributed by atoms with E-state index in [0.717, 1.165) is 0 Å². The van der Waals surface area contributed by atoms with Gasteiger partial charge in [-0.1, -0.05) is 18.2 Å². The first-order valence-electron chi connectivity index (χ1n) is 9.77. The third-order valence-electron chi connectivity index (χ3n) is 4.97. The third-order valence-corrected chi connectivity index (χ3v) is 5.53. The number of halogens is 2. The third kappa shape index (κ3) is 4.70. The summed E-state index contributed by atoms with van der Waals surface area (Å²) in [6.45, 7) is 3.87. The molecule has 12 heteroatoms. The molecule has 1 amide bonds. The number of furan rings is 1. The van der Waals surface area contributed by atoms with Gasteiger partial charge in [-0.25, -0.2) is 4.39 Å². The summed E-state index contributed by atoms with van der Waals surface area (Å²) in [6.07, 6.45) is 1.46. The Labute approximate surface area is 195 Å². The number of carbonyl (C=O) groups excluding carboxylic acids is 1. The van der Waals surface area contributed by atoms with E-state index in [1.807, 2.05) is 0 Å². The second kappa shape index (κ2) is 8.98. The predicted octanol–water partition coefficient (Wildman–Crippen LogP) is 4.45. The van der Waals surface area contributed by atoms with Crippen molar-refractivity contribution in [3.63, 3.8) is 0 Å². The molecule has 4 aromatic rings. The number of nitrogens with one attached hydrogen (secondary N) is 1. The minimum absolute atomic E-state index is 0.0615. The molecule has 0 unspecified atom stereocenters. The van der Waals surface area contributed by atoms with E-state index in [1.165, 1.54) is 23.0 Å². The zero-order chi connectivity index (χ0) is 23.7. The van der Waals surface area contributed by atoms with E-state index >= 15 is 0 Å². The first-order valence-corrected chi connectivity index (χ1v) is 10.6. The van der Waals surface area contributed by atoms with Crippen LogP contribution in [0.1, 0.15) is 33.3 Å². The average molecular weight is 517 g/mol. The summed E-state index contributed by atoms with van der Waals surface area (Å²) in [7, 11) is 0. The van der Waals surface area contributed by atoms with Crippen molar-refractivity contribution in [1.82, 2.24) is 19.6 Å². The maximum absolute atomic E-state index is 14.0. The zero-order valence-corrected chi connectivity index (χ0v) is 19.2. The van der Waals surface area contributed by atoms with E-state index in [4.69, 9.17) is 4.42 Å². The Kier molecular flexibility index (Phi) is 6.09. The van der Waals surface area contributed by atoms with Gasteiger partial charge in [0.15, 0.2) is 5.76 Å². The summed E-state index contributed by atoms with van der Waals surface area (Å²) >= 11 is 3.09. The molecule has 0 bridgehead atoms. The van der Waals surface area contributed by atoms with E-state index in [9.17, 15) is 19.3 Å². The fourth-order valence-electron chi connectivity index (χ4n) is 3.33. The topological polar surface area (TPSA) is 121 Å². The molecule has 1 N–H and O–H groups in total. The molecule has 10 nitrogen and oxygen atoms in total. The van der Waals surface area contributed by atoms with Crippen molar-refractivity contribution in [3.05, 3.63) is 91.5 Å². The van der Waals surface area contributed by atoms with Crippen LogP contribution < -0.4 is 5.32 Å². The Morgan fingerprint density at radius 2 is 1.97 bits per heavy atom. The van der Waals surface area contributed by atoms with Gasteiger partial charge in [0.2, 0.25) is 0 Å². The van der Waals surface area contributed by atoms with Crippen molar-refractivity contribution in [1.29, 1.82) is 0 Å². The number of anilines is 1. The molecule has 3 heterocycles. The van der Waals surface area contributed by atoms with E-state index in [0.29, 0.717) is 28.4 Å². The number of hydrogen-bond donors (Lipinski definition) is 1. The Bertz CT molecular complexity index is 1360. The van der Waals surface area contributed by atoms with Crippen molar-refractivity contribution >= 4 is 33.3 Å². The minimum atomic E-state index is -0.599. The van der Waals surface area contributed by atoms with Crippen LogP contribution in [0.25, 0.3) is 0 Å². The highest BCUT2D eigenvalue weighted by Crippen LogP contribution is 2.24. The van der Waals surface area contributed by atoms with Crippen molar-refractivity contribution in [3.8, 4) is 0 Å². The lowest BCUT2D eigenvalue weighted by Gasteiger charge is -2.07. The Balaban J connectivity index is 1.47. The van der Waals surface area contributed by atoms with Gasteiger partial charge < -0.3 is 19.8 Å². The molecule has 0 spiro atoms. The van der Waals surface area contributed by atoms with Gasteiger partial charge in [0.05, 0.1) is 34.9 Å². The largest absolute Gasteiger partial charge is 0.454 e. The van der Waals surface area contributed by atoms with Crippen molar-refractivity contribution < 1.29 is 18.5 Å². The molecule has 0 saturated heterocycles. The minimum Gasteiger partial charge on any atom is -0.454 e. The van der Waals surface area contributed by atoms with E-state index in [2.05, 4.69) is 31.4 Å². The first kappa shape index (κ1) is 22.4. The molecule has 4 rings (SSSR count). The van der Waals surface area contributed by atoms with Crippen LogP contribution in [0.3, 0.4) is 0 Å². The number of aryl methyl sites for hydroxylation is 1. The highest BCUT2D eigenvalue weighted by molar-refractivity contribution is 9.10. The normalized spacial score (nSPS) is 11.0. The molecular formula is C21H18BrFN6O4. The standard InChI is InChI=1S/C21H18BrFN6O4/c1-12-19(13(2)28(25-12)9-14-5-3-4-6-17(14)23)24-21(30)18-8-7-15(33-18)10-27-11-16(22)20(26-27)29(31)32/h3-8,11H,9-10H2,1-2H3,(H,24,30). The van der Waals surface area contributed by atoms with Crippen LogP contribution in [0.4, 0.5) is 15.9 Å². The van der Waals surface area contributed by atoms with E-state index in [-0.39, 0.29) is 35.0 Å². The van der Waals surface area contributed by atoms with Gasteiger partial charge in [0.1, 0.15) is 22.6 Å². The van der Waals surface area contributed by atoms with Crippen LogP contribution in [-0.4, -0.2) is 30.4 Å². The second-order valence-electron chi connectivity index (χ2n) is 7.27. The fourth-order valence-corrected chi connectivity index (χ4v) is 3.79. The number of aromatic nitrogens is 4. The predicted molar refractivity (Wildman–Crippen MR) is 120 cm³/mol. The number of nitro groups is 1. The number of rotatable bonds is 7. The lowest BCUT2D eigenvalue weighted by Crippen LogP contribution is -2.13. The molecule has 0 aliphatic rings. The maximum atomic E-state index is 14.0. The highest BCUT2D eigenvalue weighted by atomic mass is 79.9. The van der Waals surface area contributed by atoms with Crippen LogP contribution >= 0.6 is 15.9 Å². The van der Waals surface area contributed by atoms with Gasteiger partial charge >= 0.3 is 5.82 Å². The Morgan fingerprint density at radius 3 is 2.67 bits per heavy atom. The van der Waals surface area contributed by atoms with E-state index < -0.39 is 10.8 Å². The van der Waals surface area contributed by atoms with Crippen molar-refractivity contribution in [2.24, 2.45) is 0 Å². The maximum Gasteiger partial charge on any atom is 0.404 e. The van der Waals surface area contributed by atoms with Crippen molar-refractivity contribution in [2.75, 3.05) is 5.32 Å². The summed E-state index contributed by atoms with van der Waals surface area (Å²) in [5.74, 6) is -0.656. The quantitative estimate of drug-likeness (QED) is 0.286. The van der Waals surface area contributed by atoms with E-state index in [1.54, 1.807) is 42.8 Å². The zero-order valence-electron chi connectivity index (χ0n) is 17.6. The van der Waals surface area contributed by atoms with Gasteiger partial charge in [-0.3, -0.25) is 9.48 Å². The van der Waals surface area contributed by atoms with Gasteiger partial charge in [-0.05, 0) is 52.9 Å². The lowest BCUT2D eigenvalue weighted by molar-refractivity contribution is -0.390. The number of benzene rings is 1. The molecule has 0 atom stereocenters. The summed E-state index contributed by atoms with van der Waals surface area (Å²) in [6, 6.07) is 9.54. The molecular weight excluding hydrogens is 499 g/mol. The number of nitrogens with zero attached hydrogens (tertiary/aromatic N) is 5. The SMILES string of the molecule is Cc1nn(Cc2ccccc2F)c(C)c1NC(=O)c1ccc(Cn2cc(Br)c([N+](=O)[O-])n2)o1. The van der Waals surface area contributed by atoms with Gasteiger partial charge in [0, 0.05) is 5.56 Å². The summed E-state index contributed by atoms with van der Waals surface area (Å²) < 4.78 is 22.8. The Hall–Kier alpha value is -3.80. The lowest BCUT2D eigenvalue weighted by atomic mass is 10.2. The van der Waals surface area contributed by atoms with Crippen LogP contribution in [0.15, 0.2) is 51.5 Å². The summed E-state index contributed by atoms with van der Waals surface area (Å²) in [4.78, 5) is 23.1. The highest BCUT2D eigenvalue weighted by Gasteiger charge is 2.21. The van der Waals surface area contributed by atoms with Gasteiger partial charge in [-0.2, -0.15) is 9.78 Å². The molecule has 1 aromatic carbocycles. The van der Waals surface area contributed by atoms with Crippen LogP contribution in [0.5, 0.6) is 0 Å². The fraction of sp³-hybridized carbons (Fsp3) is 0.190. The average Bonchev–Trinajstić information content (AvgIpc) is 3.44. The molecule has 0 saturated carbocycles. The molecule has 170 valence electrons. The van der Waals surface area contributed by atoms with Crippen LogP contribution in [-0.2, 0) is 13.1 Å². The molecule has 0 fully saturated rings. The molecule has 3 aromatic heterocycles. The molecule has 0 radical (unpaired) electrons. The second-order valence-corrected chi connectivity index (χ2v) is 8.12. The number of carbonyl (C=O) groups is 1. The molecule has 0 aliphatic heterocycles. The van der Waals surface area contributed by atoms with Gasteiger partial charge in [-0.15, -0.1) is 0 Å². The first-order chi connectivity index (χ1) is 15.7. The number of hydrogen-bond acceptors (Lipinski definition) is 6. The Morgan fingerprint density at radius 1 is 1.21 bits per heavy atom. The summed E-state index contributed by atoms with van der Waals surface area (Å²) in [5.41, 5.74) is 2.25. The monoisotopic (exact) mass is 516 g/mol. The molecule has 33 heavy (non-hydrogen) atoms.